The van der Waals surface area contributed by atoms with Gasteiger partial charge in [-0.3, -0.25) is 10.1 Å². The summed E-state index contributed by atoms with van der Waals surface area (Å²) in [5.74, 6) is -1.06. The Kier molecular flexibility index (Phi) is 4.29. The predicted octanol–water partition coefficient (Wildman–Crippen LogP) is 2.60. The Hall–Kier alpha value is -2.44. The highest BCUT2D eigenvalue weighted by Crippen LogP contribution is 2.22. The summed E-state index contributed by atoms with van der Waals surface area (Å²) in [6.07, 6.45) is 7.45. The number of hydrogen-bond donors (Lipinski definition) is 2. The van der Waals surface area contributed by atoms with Crippen molar-refractivity contribution >= 4 is 17.5 Å². The molecule has 0 spiro atoms. The number of nitrogens with one attached hydrogen (secondary N) is 1. The monoisotopic (exact) mass is 277 g/mol. The van der Waals surface area contributed by atoms with Crippen LogP contribution in [0.3, 0.4) is 0 Å². The van der Waals surface area contributed by atoms with Gasteiger partial charge in [0.1, 0.15) is 17.6 Å². The van der Waals surface area contributed by atoms with Crippen molar-refractivity contribution in [2.45, 2.75) is 25.7 Å². The zero-order valence-corrected chi connectivity index (χ0v) is 10.8. The number of carbonyl (C=O) groups is 1. The Morgan fingerprint density at radius 2 is 2.35 bits per heavy atom. The first-order valence-corrected chi connectivity index (χ1v) is 6.37. The highest BCUT2D eigenvalue weighted by Gasteiger charge is 2.17. The van der Waals surface area contributed by atoms with E-state index in [4.69, 9.17) is 5.11 Å². The van der Waals surface area contributed by atoms with E-state index in [0.717, 1.165) is 31.5 Å². The summed E-state index contributed by atoms with van der Waals surface area (Å²) in [6.45, 7) is 0.566. The number of anilines is 1. The van der Waals surface area contributed by atoms with E-state index in [-0.39, 0.29) is 17.1 Å². The molecule has 20 heavy (non-hydrogen) atoms. The lowest BCUT2D eigenvalue weighted by Gasteiger charge is -2.08. The molecule has 0 saturated carbocycles. The summed E-state index contributed by atoms with van der Waals surface area (Å²) < 4.78 is 0. The van der Waals surface area contributed by atoms with Gasteiger partial charge in [-0.15, -0.1) is 0 Å². The topological polar surface area (TPSA) is 105 Å². The van der Waals surface area contributed by atoms with Crippen LogP contribution in [-0.4, -0.2) is 27.5 Å². The van der Waals surface area contributed by atoms with Crippen LogP contribution in [0.25, 0.3) is 0 Å². The van der Waals surface area contributed by atoms with Gasteiger partial charge in [-0.1, -0.05) is 11.6 Å². The molecule has 106 valence electrons. The molecule has 1 aromatic rings. The van der Waals surface area contributed by atoms with Gasteiger partial charge < -0.3 is 10.4 Å². The second-order valence-electron chi connectivity index (χ2n) is 4.58. The molecule has 1 aromatic heterocycles. The lowest BCUT2D eigenvalue weighted by atomic mass is 10.1. The van der Waals surface area contributed by atoms with Gasteiger partial charge in [0.15, 0.2) is 0 Å². The third-order valence-electron chi connectivity index (χ3n) is 3.19. The van der Waals surface area contributed by atoms with Crippen LogP contribution in [0.1, 0.15) is 36.0 Å². The van der Waals surface area contributed by atoms with Crippen LogP contribution in [0.2, 0.25) is 0 Å². The van der Waals surface area contributed by atoms with Crippen molar-refractivity contribution in [3.8, 4) is 0 Å². The first kappa shape index (κ1) is 14.0. The molecule has 0 fully saturated rings. The third-order valence-corrected chi connectivity index (χ3v) is 3.19. The fourth-order valence-electron chi connectivity index (χ4n) is 2.16. The number of carboxylic acids is 1. The molecule has 0 atom stereocenters. The molecule has 1 heterocycles. The van der Waals surface area contributed by atoms with Crippen LogP contribution in [0.15, 0.2) is 23.9 Å². The minimum Gasteiger partial charge on any atom is -0.478 e. The van der Waals surface area contributed by atoms with Gasteiger partial charge in [0, 0.05) is 12.6 Å². The second kappa shape index (κ2) is 6.14. The van der Waals surface area contributed by atoms with Crippen molar-refractivity contribution in [2.75, 3.05) is 11.9 Å². The molecule has 2 N–H and O–H groups in total. The molecule has 0 bridgehead atoms. The Labute approximate surface area is 115 Å². The summed E-state index contributed by atoms with van der Waals surface area (Å²) >= 11 is 0. The number of pyridine rings is 1. The van der Waals surface area contributed by atoms with E-state index in [0.29, 0.717) is 6.54 Å². The first-order chi connectivity index (χ1) is 9.58. The summed E-state index contributed by atoms with van der Waals surface area (Å²) in [6, 6.07) is 1.02. The van der Waals surface area contributed by atoms with E-state index in [2.05, 4.69) is 16.4 Å². The zero-order chi connectivity index (χ0) is 14.5. The van der Waals surface area contributed by atoms with E-state index in [1.807, 2.05) is 0 Å². The summed E-state index contributed by atoms with van der Waals surface area (Å²) in [5, 5.41) is 22.6. The average molecular weight is 277 g/mol. The Balaban J connectivity index is 2.06. The second-order valence-corrected chi connectivity index (χ2v) is 4.58. The molecule has 0 amide bonds. The molecule has 0 saturated heterocycles. The number of aromatic carboxylic acids is 1. The van der Waals surface area contributed by atoms with Crippen molar-refractivity contribution in [1.29, 1.82) is 0 Å². The van der Waals surface area contributed by atoms with Crippen molar-refractivity contribution < 1.29 is 14.8 Å². The predicted molar refractivity (Wildman–Crippen MR) is 72.9 cm³/mol. The largest absolute Gasteiger partial charge is 0.478 e. The highest BCUT2D eigenvalue weighted by molar-refractivity contribution is 5.93. The number of allylic oxidation sites excluding steroid dienone is 1. The molecular formula is C13H15N3O4. The number of hydrogen-bond acceptors (Lipinski definition) is 5. The van der Waals surface area contributed by atoms with Crippen molar-refractivity contribution in [2.24, 2.45) is 0 Å². The van der Waals surface area contributed by atoms with Crippen LogP contribution in [-0.2, 0) is 0 Å². The van der Waals surface area contributed by atoms with Gasteiger partial charge in [-0.05, 0) is 25.7 Å². The number of carboxylic acid groups (broad SMARTS) is 1. The summed E-state index contributed by atoms with van der Waals surface area (Å²) in [5.41, 5.74) is 0.849. The molecule has 0 aliphatic heterocycles. The molecule has 7 nitrogen and oxygen atoms in total. The molecule has 1 aliphatic carbocycles. The minimum atomic E-state index is -1.23. The fraction of sp³-hybridized carbons (Fsp3) is 0.385. The summed E-state index contributed by atoms with van der Waals surface area (Å²) in [7, 11) is 0. The van der Waals surface area contributed by atoms with E-state index in [9.17, 15) is 14.9 Å². The zero-order valence-electron chi connectivity index (χ0n) is 10.8. The molecule has 7 heteroatoms. The number of nitrogens with zero attached hydrogens (tertiary/aromatic N) is 2. The standard InChI is InChI=1S/C13H15N3O4/c17-13(18)11-7-10(16(19)20)8-15-12(11)14-6-5-9-3-1-2-4-9/h3,7-8H,1-2,4-6H2,(H,14,15)(H,17,18). The number of nitro groups is 1. The van der Waals surface area contributed by atoms with Crippen molar-refractivity contribution in [1.82, 2.24) is 4.98 Å². The molecule has 0 radical (unpaired) electrons. The van der Waals surface area contributed by atoms with Gasteiger partial charge in [-0.25, -0.2) is 9.78 Å². The normalized spacial score (nSPS) is 13.9. The van der Waals surface area contributed by atoms with Gasteiger partial charge in [0.05, 0.1) is 4.92 Å². The van der Waals surface area contributed by atoms with Crippen LogP contribution < -0.4 is 5.32 Å². The highest BCUT2D eigenvalue weighted by atomic mass is 16.6. The maximum absolute atomic E-state index is 11.1. The quantitative estimate of drug-likeness (QED) is 0.470. The molecular weight excluding hydrogens is 262 g/mol. The number of rotatable bonds is 6. The SMILES string of the molecule is O=C(O)c1cc([N+](=O)[O-])cnc1NCCC1=CCCC1. The van der Waals surface area contributed by atoms with E-state index in [1.165, 1.54) is 12.0 Å². The minimum absolute atomic E-state index is 0.168. The van der Waals surface area contributed by atoms with Gasteiger partial charge in [-0.2, -0.15) is 0 Å². The van der Waals surface area contributed by atoms with Crippen molar-refractivity contribution in [3.63, 3.8) is 0 Å². The lowest BCUT2D eigenvalue weighted by Crippen LogP contribution is -2.10. The van der Waals surface area contributed by atoms with Crippen LogP contribution in [0.4, 0.5) is 11.5 Å². The van der Waals surface area contributed by atoms with E-state index >= 15 is 0 Å². The average Bonchev–Trinajstić information content (AvgIpc) is 2.91. The van der Waals surface area contributed by atoms with Gasteiger partial charge in [0.2, 0.25) is 0 Å². The van der Waals surface area contributed by atoms with Crippen LogP contribution in [0, 0.1) is 10.1 Å². The fourth-order valence-corrected chi connectivity index (χ4v) is 2.16. The van der Waals surface area contributed by atoms with E-state index < -0.39 is 10.9 Å². The maximum atomic E-state index is 11.1. The molecule has 2 rings (SSSR count). The Bertz CT molecular complexity index is 569. The van der Waals surface area contributed by atoms with Crippen molar-refractivity contribution in [3.05, 3.63) is 39.6 Å². The molecule has 1 aliphatic rings. The third kappa shape index (κ3) is 3.31. The molecule has 0 unspecified atom stereocenters. The Morgan fingerprint density at radius 3 is 2.95 bits per heavy atom. The number of aromatic nitrogens is 1. The summed E-state index contributed by atoms with van der Waals surface area (Å²) in [4.78, 5) is 24.9. The molecule has 0 aromatic carbocycles. The smallest absolute Gasteiger partial charge is 0.339 e. The van der Waals surface area contributed by atoms with Gasteiger partial charge in [0.25, 0.3) is 5.69 Å². The first-order valence-electron chi connectivity index (χ1n) is 6.37. The van der Waals surface area contributed by atoms with Crippen LogP contribution >= 0.6 is 0 Å². The van der Waals surface area contributed by atoms with Crippen LogP contribution in [0.5, 0.6) is 0 Å². The van der Waals surface area contributed by atoms with Gasteiger partial charge >= 0.3 is 5.97 Å². The maximum Gasteiger partial charge on any atom is 0.339 e. The lowest BCUT2D eigenvalue weighted by molar-refractivity contribution is -0.385. The van der Waals surface area contributed by atoms with E-state index in [1.54, 1.807) is 0 Å². The Morgan fingerprint density at radius 1 is 1.55 bits per heavy atom.